The maximum absolute atomic E-state index is 9.00. The highest BCUT2D eigenvalue weighted by atomic mass is 127. The van der Waals surface area contributed by atoms with E-state index in [0.29, 0.717) is 5.56 Å². The van der Waals surface area contributed by atoms with Gasteiger partial charge in [-0.1, -0.05) is 0 Å². The normalized spacial score (nSPS) is 10.6. The van der Waals surface area contributed by atoms with Crippen LogP contribution in [0.5, 0.6) is 0 Å². The molecular weight excluding hydrogens is 357 g/mol. The van der Waals surface area contributed by atoms with Gasteiger partial charge in [0.1, 0.15) is 11.6 Å². The SMILES string of the molecule is N#CC(=CNc1ccc(C#N)cc1I)c1nn[nH]n1. The van der Waals surface area contributed by atoms with E-state index in [4.69, 9.17) is 10.5 Å². The summed E-state index contributed by atoms with van der Waals surface area (Å²) in [6.45, 7) is 0. The zero-order valence-corrected chi connectivity index (χ0v) is 11.6. The van der Waals surface area contributed by atoms with Crippen molar-refractivity contribution in [2.24, 2.45) is 0 Å². The molecule has 2 N–H and O–H groups in total. The van der Waals surface area contributed by atoms with E-state index >= 15 is 0 Å². The van der Waals surface area contributed by atoms with Crippen molar-refractivity contribution in [3.8, 4) is 12.1 Å². The molecule has 0 fully saturated rings. The molecule has 0 unspecified atom stereocenters. The minimum absolute atomic E-state index is 0.221. The quantitative estimate of drug-likeness (QED) is 0.633. The van der Waals surface area contributed by atoms with Crippen LogP contribution in [-0.2, 0) is 0 Å². The Balaban J connectivity index is 2.23. The van der Waals surface area contributed by atoms with Gasteiger partial charge in [0.25, 0.3) is 0 Å². The average Bonchev–Trinajstić information content (AvgIpc) is 2.95. The van der Waals surface area contributed by atoms with Crippen molar-refractivity contribution in [2.75, 3.05) is 5.32 Å². The minimum atomic E-state index is 0.221. The summed E-state index contributed by atoms with van der Waals surface area (Å²) in [7, 11) is 0. The smallest absolute Gasteiger partial charge is 0.216 e. The van der Waals surface area contributed by atoms with E-state index in [1.54, 1.807) is 18.2 Å². The zero-order valence-electron chi connectivity index (χ0n) is 9.42. The number of H-pyrrole nitrogens is 1. The highest BCUT2D eigenvalue weighted by Crippen LogP contribution is 2.20. The van der Waals surface area contributed by atoms with Gasteiger partial charge in [-0.05, 0) is 46.0 Å². The Morgan fingerprint density at radius 1 is 1.42 bits per heavy atom. The molecule has 0 aliphatic heterocycles. The van der Waals surface area contributed by atoms with Gasteiger partial charge in [0, 0.05) is 9.77 Å². The maximum atomic E-state index is 9.00. The molecule has 0 bridgehead atoms. The van der Waals surface area contributed by atoms with E-state index in [1.807, 2.05) is 6.07 Å². The van der Waals surface area contributed by atoms with E-state index in [0.717, 1.165) is 9.26 Å². The van der Waals surface area contributed by atoms with Gasteiger partial charge < -0.3 is 5.32 Å². The topological polar surface area (TPSA) is 114 Å². The van der Waals surface area contributed by atoms with E-state index < -0.39 is 0 Å². The number of rotatable bonds is 3. The Morgan fingerprint density at radius 2 is 2.26 bits per heavy atom. The Bertz CT molecular complexity index is 691. The van der Waals surface area contributed by atoms with Crippen LogP contribution in [0.4, 0.5) is 5.69 Å². The average molecular weight is 363 g/mol. The molecule has 1 aromatic carbocycles. The van der Waals surface area contributed by atoms with Crippen molar-refractivity contribution >= 4 is 33.9 Å². The Labute approximate surface area is 122 Å². The molecular formula is C11H6IN7. The first kappa shape index (κ1) is 13.0. The molecule has 0 saturated carbocycles. The van der Waals surface area contributed by atoms with Gasteiger partial charge in [-0.15, -0.1) is 10.2 Å². The second kappa shape index (κ2) is 5.93. The van der Waals surface area contributed by atoms with Crippen LogP contribution in [0.3, 0.4) is 0 Å². The van der Waals surface area contributed by atoms with Crippen LogP contribution in [0.25, 0.3) is 5.57 Å². The fourth-order valence-electron chi connectivity index (χ4n) is 1.27. The van der Waals surface area contributed by atoms with Crippen molar-refractivity contribution in [1.82, 2.24) is 20.6 Å². The van der Waals surface area contributed by atoms with Gasteiger partial charge in [-0.3, -0.25) is 0 Å². The summed E-state index contributed by atoms with van der Waals surface area (Å²) in [5.74, 6) is 0.221. The highest BCUT2D eigenvalue weighted by molar-refractivity contribution is 14.1. The Kier molecular flexibility index (Phi) is 4.05. The molecule has 0 amide bonds. The lowest BCUT2D eigenvalue weighted by atomic mass is 10.2. The molecule has 0 radical (unpaired) electrons. The number of tetrazole rings is 1. The molecule has 7 nitrogen and oxygen atoms in total. The molecule has 2 aromatic rings. The number of nitrogens with zero attached hydrogens (tertiary/aromatic N) is 5. The van der Waals surface area contributed by atoms with E-state index in [-0.39, 0.29) is 11.4 Å². The molecule has 19 heavy (non-hydrogen) atoms. The minimum Gasteiger partial charge on any atom is -0.359 e. The summed E-state index contributed by atoms with van der Waals surface area (Å²) in [5, 5.41) is 33.9. The molecule has 92 valence electrons. The van der Waals surface area contributed by atoms with Gasteiger partial charge in [0.2, 0.25) is 5.82 Å². The van der Waals surface area contributed by atoms with Gasteiger partial charge in [-0.2, -0.15) is 15.7 Å². The first-order valence-corrected chi connectivity index (χ1v) is 6.12. The standard InChI is InChI=1S/C11H6IN7/c12-9-3-7(4-13)1-2-10(9)15-6-8(5-14)11-16-18-19-17-11/h1-3,6,15H,(H,16,17,18,19). The van der Waals surface area contributed by atoms with Crippen molar-refractivity contribution in [3.05, 3.63) is 39.4 Å². The highest BCUT2D eigenvalue weighted by Gasteiger charge is 2.06. The van der Waals surface area contributed by atoms with Crippen LogP contribution >= 0.6 is 22.6 Å². The zero-order chi connectivity index (χ0) is 13.7. The Hall–Kier alpha value is -2.46. The molecule has 0 spiro atoms. The molecule has 1 heterocycles. The lowest BCUT2D eigenvalue weighted by molar-refractivity contribution is 0.881. The lowest BCUT2D eigenvalue weighted by Gasteiger charge is -2.04. The second-order valence-electron chi connectivity index (χ2n) is 3.36. The number of nitrogens with one attached hydrogen (secondary N) is 2. The van der Waals surface area contributed by atoms with Crippen molar-refractivity contribution in [1.29, 1.82) is 10.5 Å². The van der Waals surface area contributed by atoms with E-state index in [2.05, 4.69) is 54.6 Å². The number of nitriles is 2. The first-order valence-electron chi connectivity index (χ1n) is 5.05. The fraction of sp³-hybridized carbons (Fsp3) is 0. The van der Waals surface area contributed by atoms with Crippen molar-refractivity contribution in [2.45, 2.75) is 0 Å². The van der Waals surface area contributed by atoms with Gasteiger partial charge in [0.05, 0.1) is 17.3 Å². The van der Waals surface area contributed by atoms with Crippen molar-refractivity contribution in [3.63, 3.8) is 0 Å². The van der Waals surface area contributed by atoms with Crippen LogP contribution in [0, 0.1) is 26.2 Å². The van der Waals surface area contributed by atoms with Gasteiger partial charge in [0.15, 0.2) is 0 Å². The summed E-state index contributed by atoms with van der Waals surface area (Å²) in [6, 6.07) is 9.24. The number of halogens is 1. The summed E-state index contributed by atoms with van der Waals surface area (Å²) in [5.41, 5.74) is 1.63. The number of aromatic nitrogens is 4. The number of aromatic amines is 1. The molecule has 0 aliphatic carbocycles. The van der Waals surface area contributed by atoms with Crippen LogP contribution in [-0.4, -0.2) is 20.6 Å². The van der Waals surface area contributed by atoms with Crippen LogP contribution in [0.1, 0.15) is 11.4 Å². The fourth-order valence-corrected chi connectivity index (χ4v) is 1.95. The number of hydrogen-bond donors (Lipinski definition) is 2. The first-order chi connectivity index (χ1) is 9.24. The van der Waals surface area contributed by atoms with Crippen molar-refractivity contribution < 1.29 is 0 Å². The summed E-state index contributed by atoms with van der Waals surface area (Å²) in [4.78, 5) is 0. The number of anilines is 1. The number of allylic oxidation sites excluding steroid dienone is 1. The van der Waals surface area contributed by atoms with Gasteiger partial charge >= 0.3 is 0 Å². The molecule has 0 atom stereocenters. The van der Waals surface area contributed by atoms with Crippen LogP contribution < -0.4 is 5.32 Å². The lowest BCUT2D eigenvalue weighted by Crippen LogP contribution is -1.95. The Morgan fingerprint density at radius 3 is 2.84 bits per heavy atom. The third-order valence-corrected chi connectivity index (χ3v) is 3.07. The molecule has 2 rings (SSSR count). The summed E-state index contributed by atoms with van der Waals surface area (Å²) < 4.78 is 0.873. The third kappa shape index (κ3) is 3.05. The van der Waals surface area contributed by atoms with E-state index in [9.17, 15) is 0 Å². The number of benzene rings is 1. The van der Waals surface area contributed by atoms with Gasteiger partial charge in [-0.25, -0.2) is 0 Å². The second-order valence-corrected chi connectivity index (χ2v) is 4.52. The predicted molar refractivity (Wildman–Crippen MR) is 75.3 cm³/mol. The maximum Gasteiger partial charge on any atom is 0.216 e. The molecule has 1 aromatic heterocycles. The number of hydrogen-bond acceptors (Lipinski definition) is 6. The molecule has 0 saturated heterocycles. The van der Waals surface area contributed by atoms with Crippen LogP contribution in [0.2, 0.25) is 0 Å². The van der Waals surface area contributed by atoms with Crippen LogP contribution in [0.15, 0.2) is 24.4 Å². The van der Waals surface area contributed by atoms with E-state index in [1.165, 1.54) is 6.20 Å². The predicted octanol–water partition coefficient (Wildman–Crippen LogP) is 1.65. The summed E-state index contributed by atoms with van der Waals surface area (Å²) >= 11 is 2.11. The molecule has 0 aliphatic rings. The monoisotopic (exact) mass is 363 g/mol. The molecule has 8 heteroatoms. The third-order valence-electron chi connectivity index (χ3n) is 2.18. The largest absolute Gasteiger partial charge is 0.359 e. The summed E-state index contributed by atoms with van der Waals surface area (Å²) in [6.07, 6.45) is 1.49.